The topological polar surface area (TPSA) is 34.9 Å². The number of hydrogen-bond donors (Lipinski definition) is 0. The summed E-state index contributed by atoms with van der Waals surface area (Å²) < 4.78 is 14.6. The fraction of sp³-hybridized carbons (Fsp3) is 0.231. The van der Waals surface area contributed by atoms with Crippen LogP contribution in [0.1, 0.15) is 21.6 Å². The average molecular weight is 232 g/mol. The van der Waals surface area contributed by atoms with Crippen LogP contribution in [-0.4, -0.2) is 15.6 Å². The third-order valence-electron chi connectivity index (χ3n) is 2.66. The van der Waals surface area contributed by atoms with Crippen LogP contribution in [0.2, 0.25) is 0 Å². The van der Waals surface area contributed by atoms with Crippen LogP contribution in [0.3, 0.4) is 0 Å². The molecular weight excluding hydrogens is 219 g/mol. The Labute approximate surface area is 98.9 Å². The number of nitrogens with zero attached hydrogens (tertiary/aromatic N) is 2. The van der Waals surface area contributed by atoms with Crippen LogP contribution in [0.15, 0.2) is 30.5 Å². The summed E-state index contributed by atoms with van der Waals surface area (Å²) in [6.07, 6.45) is 1.90. The number of hydrogen-bond acceptors (Lipinski definition) is 2. The highest BCUT2D eigenvalue weighted by molar-refractivity contribution is 5.95. The molecule has 0 unspecified atom stereocenters. The third-order valence-corrected chi connectivity index (χ3v) is 2.66. The van der Waals surface area contributed by atoms with Crippen molar-refractivity contribution in [3.63, 3.8) is 0 Å². The fourth-order valence-electron chi connectivity index (χ4n) is 1.66. The SMILES string of the molecule is Cc1ccc(F)cc1CC(=O)c1ccn(C)n1. The van der Waals surface area contributed by atoms with Gasteiger partial charge in [-0.05, 0) is 36.2 Å². The van der Waals surface area contributed by atoms with Crippen molar-refractivity contribution in [1.29, 1.82) is 0 Å². The molecule has 4 heteroatoms. The second-order valence-electron chi connectivity index (χ2n) is 4.05. The van der Waals surface area contributed by atoms with Gasteiger partial charge in [0.1, 0.15) is 11.5 Å². The summed E-state index contributed by atoms with van der Waals surface area (Å²) >= 11 is 0. The first-order valence-electron chi connectivity index (χ1n) is 5.34. The molecule has 0 N–H and O–H groups in total. The van der Waals surface area contributed by atoms with Crippen molar-refractivity contribution >= 4 is 5.78 Å². The highest BCUT2D eigenvalue weighted by atomic mass is 19.1. The van der Waals surface area contributed by atoms with E-state index in [-0.39, 0.29) is 18.0 Å². The van der Waals surface area contributed by atoms with E-state index in [2.05, 4.69) is 5.10 Å². The van der Waals surface area contributed by atoms with Crippen LogP contribution < -0.4 is 0 Å². The van der Waals surface area contributed by atoms with Gasteiger partial charge in [-0.2, -0.15) is 5.10 Å². The number of halogens is 1. The van der Waals surface area contributed by atoms with Gasteiger partial charge in [0.25, 0.3) is 0 Å². The number of ketones is 1. The molecule has 2 aromatic rings. The van der Waals surface area contributed by atoms with E-state index in [0.717, 1.165) is 5.56 Å². The minimum Gasteiger partial charge on any atom is -0.292 e. The highest BCUT2D eigenvalue weighted by Crippen LogP contribution is 2.13. The molecule has 17 heavy (non-hydrogen) atoms. The van der Waals surface area contributed by atoms with Gasteiger partial charge in [-0.25, -0.2) is 4.39 Å². The zero-order valence-corrected chi connectivity index (χ0v) is 9.77. The van der Waals surface area contributed by atoms with Gasteiger partial charge in [0, 0.05) is 19.7 Å². The van der Waals surface area contributed by atoms with Gasteiger partial charge in [0.05, 0.1) is 0 Å². The van der Waals surface area contributed by atoms with E-state index < -0.39 is 0 Å². The van der Waals surface area contributed by atoms with Crippen LogP contribution in [0.25, 0.3) is 0 Å². The van der Waals surface area contributed by atoms with Crippen LogP contribution in [-0.2, 0) is 13.5 Å². The minimum absolute atomic E-state index is 0.0979. The Morgan fingerprint density at radius 3 is 2.82 bits per heavy atom. The van der Waals surface area contributed by atoms with Crippen LogP contribution in [0, 0.1) is 12.7 Å². The van der Waals surface area contributed by atoms with Crippen LogP contribution in [0.4, 0.5) is 4.39 Å². The molecule has 0 atom stereocenters. The number of Topliss-reactive ketones (excluding diaryl/α,β-unsaturated/α-hetero) is 1. The molecule has 0 saturated carbocycles. The first-order valence-corrected chi connectivity index (χ1v) is 5.34. The van der Waals surface area contributed by atoms with Gasteiger partial charge >= 0.3 is 0 Å². The molecular formula is C13H13FN2O. The maximum absolute atomic E-state index is 13.1. The van der Waals surface area contributed by atoms with E-state index in [1.54, 1.807) is 30.1 Å². The van der Waals surface area contributed by atoms with Gasteiger partial charge in [-0.3, -0.25) is 9.48 Å². The van der Waals surface area contributed by atoms with Crippen LogP contribution in [0.5, 0.6) is 0 Å². The number of aryl methyl sites for hydroxylation is 2. The fourth-order valence-corrected chi connectivity index (χ4v) is 1.66. The Balaban J connectivity index is 2.21. The Bertz CT molecular complexity index is 560. The standard InChI is InChI=1S/C13H13FN2O/c1-9-3-4-11(14)7-10(9)8-13(17)12-5-6-16(2)15-12/h3-7H,8H2,1-2H3. The normalized spacial score (nSPS) is 10.5. The maximum Gasteiger partial charge on any atom is 0.187 e. The molecule has 1 aromatic carbocycles. The first kappa shape index (κ1) is 11.5. The lowest BCUT2D eigenvalue weighted by Crippen LogP contribution is -2.06. The molecule has 2 rings (SSSR count). The zero-order valence-electron chi connectivity index (χ0n) is 9.77. The van der Waals surface area contributed by atoms with Gasteiger partial charge in [-0.1, -0.05) is 6.07 Å². The lowest BCUT2D eigenvalue weighted by Gasteiger charge is -2.03. The largest absolute Gasteiger partial charge is 0.292 e. The van der Waals surface area contributed by atoms with Crippen molar-refractivity contribution in [1.82, 2.24) is 9.78 Å². The molecule has 88 valence electrons. The molecule has 0 saturated heterocycles. The molecule has 0 fully saturated rings. The van der Waals surface area contributed by atoms with E-state index in [1.165, 1.54) is 12.1 Å². The molecule has 0 aliphatic rings. The Kier molecular flexibility index (Phi) is 3.04. The molecule has 0 aliphatic heterocycles. The number of carbonyl (C=O) groups is 1. The predicted molar refractivity (Wildman–Crippen MR) is 62.4 cm³/mol. The molecule has 0 bridgehead atoms. The molecule has 1 heterocycles. The summed E-state index contributed by atoms with van der Waals surface area (Å²) in [6.45, 7) is 1.86. The van der Waals surface area contributed by atoms with Crippen molar-refractivity contribution in [2.24, 2.45) is 7.05 Å². The summed E-state index contributed by atoms with van der Waals surface area (Å²) in [4.78, 5) is 11.9. The lowest BCUT2D eigenvalue weighted by molar-refractivity contribution is 0.0987. The van der Waals surface area contributed by atoms with Crippen molar-refractivity contribution < 1.29 is 9.18 Å². The number of aromatic nitrogens is 2. The number of rotatable bonds is 3. The van der Waals surface area contributed by atoms with Crippen molar-refractivity contribution in [3.8, 4) is 0 Å². The van der Waals surface area contributed by atoms with E-state index in [9.17, 15) is 9.18 Å². The molecule has 1 aromatic heterocycles. The van der Waals surface area contributed by atoms with Gasteiger partial charge in [0.15, 0.2) is 5.78 Å². The molecule has 3 nitrogen and oxygen atoms in total. The summed E-state index contributed by atoms with van der Waals surface area (Å²) in [7, 11) is 1.75. The molecule has 0 aliphatic carbocycles. The maximum atomic E-state index is 13.1. The predicted octanol–water partition coefficient (Wildman–Crippen LogP) is 2.29. The summed E-state index contributed by atoms with van der Waals surface area (Å²) in [6, 6.07) is 6.13. The number of benzene rings is 1. The molecule has 0 radical (unpaired) electrons. The van der Waals surface area contributed by atoms with Gasteiger partial charge in [0.2, 0.25) is 0 Å². The lowest BCUT2D eigenvalue weighted by atomic mass is 10.0. The third kappa shape index (κ3) is 2.58. The summed E-state index contributed by atoms with van der Waals surface area (Å²) in [5.74, 6) is -0.418. The van der Waals surface area contributed by atoms with E-state index >= 15 is 0 Å². The van der Waals surface area contributed by atoms with Crippen molar-refractivity contribution in [2.75, 3.05) is 0 Å². The average Bonchev–Trinajstić information content (AvgIpc) is 2.70. The van der Waals surface area contributed by atoms with E-state index in [4.69, 9.17) is 0 Å². The Morgan fingerprint density at radius 2 is 2.18 bits per heavy atom. The monoisotopic (exact) mass is 232 g/mol. The molecule has 0 amide bonds. The van der Waals surface area contributed by atoms with E-state index in [0.29, 0.717) is 11.3 Å². The quantitative estimate of drug-likeness (QED) is 0.761. The molecule has 0 spiro atoms. The highest BCUT2D eigenvalue weighted by Gasteiger charge is 2.11. The van der Waals surface area contributed by atoms with Gasteiger partial charge < -0.3 is 0 Å². The van der Waals surface area contributed by atoms with Crippen molar-refractivity contribution in [3.05, 3.63) is 53.1 Å². The second kappa shape index (κ2) is 4.49. The Hall–Kier alpha value is -1.97. The minimum atomic E-state index is -0.320. The van der Waals surface area contributed by atoms with Crippen molar-refractivity contribution in [2.45, 2.75) is 13.3 Å². The van der Waals surface area contributed by atoms with Crippen LogP contribution >= 0.6 is 0 Å². The second-order valence-corrected chi connectivity index (χ2v) is 4.05. The smallest absolute Gasteiger partial charge is 0.187 e. The first-order chi connectivity index (χ1) is 8.06. The zero-order chi connectivity index (χ0) is 12.4. The van der Waals surface area contributed by atoms with E-state index in [1.807, 2.05) is 6.92 Å². The summed E-state index contributed by atoms with van der Waals surface area (Å²) in [5, 5.41) is 4.03. The Morgan fingerprint density at radius 1 is 1.41 bits per heavy atom. The number of carbonyl (C=O) groups excluding carboxylic acids is 1. The summed E-state index contributed by atoms with van der Waals surface area (Å²) in [5.41, 5.74) is 2.03. The van der Waals surface area contributed by atoms with Gasteiger partial charge in [-0.15, -0.1) is 0 Å².